The van der Waals surface area contributed by atoms with Gasteiger partial charge in [0.05, 0.1) is 11.3 Å². The second-order valence-corrected chi connectivity index (χ2v) is 8.30. The Kier molecular flexibility index (Phi) is 6.70. The summed E-state index contributed by atoms with van der Waals surface area (Å²) in [5, 5.41) is 9.31. The number of benzene rings is 3. The monoisotopic (exact) mass is 527 g/mol. The highest BCUT2D eigenvalue weighted by Crippen LogP contribution is 2.39. The van der Waals surface area contributed by atoms with Gasteiger partial charge >= 0.3 is 12.1 Å². The summed E-state index contributed by atoms with van der Waals surface area (Å²) in [6.45, 7) is 0.0711. The Morgan fingerprint density at radius 2 is 1.59 bits per heavy atom. The third-order valence-corrected chi connectivity index (χ3v) is 5.57. The van der Waals surface area contributed by atoms with E-state index in [0.717, 1.165) is 27.7 Å². The number of carbonyl (C=O) groups is 1. The van der Waals surface area contributed by atoms with Gasteiger partial charge < -0.3 is 9.84 Å². The maximum atomic E-state index is 12.8. The van der Waals surface area contributed by atoms with E-state index in [1.165, 1.54) is 18.2 Å². The van der Waals surface area contributed by atoms with Gasteiger partial charge in [-0.2, -0.15) is 13.2 Å². The van der Waals surface area contributed by atoms with Crippen molar-refractivity contribution in [1.82, 2.24) is 4.98 Å². The highest BCUT2D eigenvalue weighted by molar-refractivity contribution is 9.10. The fourth-order valence-corrected chi connectivity index (χ4v) is 3.80. The van der Waals surface area contributed by atoms with Crippen LogP contribution in [-0.2, 0) is 12.8 Å². The molecular weight excluding hydrogens is 511 g/mol. The molecule has 0 aliphatic heterocycles. The van der Waals surface area contributed by atoms with Crippen LogP contribution in [0.4, 0.5) is 13.2 Å². The molecule has 0 aliphatic carbocycles. The van der Waals surface area contributed by atoms with Crippen LogP contribution in [0.3, 0.4) is 0 Å². The molecule has 34 heavy (non-hydrogen) atoms. The van der Waals surface area contributed by atoms with E-state index in [9.17, 15) is 23.1 Å². The van der Waals surface area contributed by atoms with Gasteiger partial charge in [0.2, 0.25) is 0 Å². The van der Waals surface area contributed by atoms with Crippen molar-refractivity contribution >= 4 is 21.9 Å². The zero-order valence-electron chi connectivity index (χ0n) is 17.5. The number of nitrogens with zero attached hydrogens (tertiary/aromatic N) is 1. The molecule has 0 atom stereocenters. The van der Waals surface area contributed by atoms with Gasteiger partial charge in [-0.25, -0.2) is 9.78 Å². The van der Waals surface area contributed by atoms with Crippen LogP contribution >= 0.6 is 15.9 Å². The molecule has 0 aliphatic rings. The molecule has 0 bridgehead atoms. The van der Waals surface area contributed by atoms with E-state index in [2.05, 4.69) is 20.9 Å². The molecule has 0 saturated carbocycles. The number of rotatable bonds is 6. The Hall–Kier alpha value is -3.65. The molecule has 1 heterocycles. The van der Waals surface area contributed by atoms with Crippen molar-refractivity contribution in [2.45, 2.75) is 12.8 Å². The summed E-state index contributed by atoms with van der Waals surface area (Å²) in [5.74, 6) is -0.604. The number of carboxylic acids is 1. The molecule has 4 nitrogen and oxygen atoms in total. The molecule has 8 heteroatoms. The maximum absolute atomic E-state index is 12.8. The molecule has 0 amide bonds. The first-order valence-corrected chi connectivity index (χ1v) is 10.9. The van der Waals surface area contributed by atoms with Crippen molar-refractivity contribution in [2.75, 3.05) is 0 Å². The zero-order valence-corrected chi connectivity index (χ0v) is 19.1. The lowest BCUT2D eigenvalue weighted by atomic mass is 9.96. The fraction of sp³-hybridized carbons (Fsp3) is 0.0769. The highest BCUT2D eigenvalue weighted by atomic mass is 79.9. The molecule has 0 saturated heterocycles. The topological polar surface area (TPSA) is 59.4 Å². The SMILES string of the molecule is O=C(O)c1cccc(-c2ccccc2-c2cc(Br)ccc2OCc2ccc(C(F)(F)F)cc2)n1. The second kappa shape index (κ2) is 9.69. The first-order valence-electron chi connectivity index (χ1n) is 10.1. The largest absolute Gasteiger partial charge is 0.488 e. The van der Waals surface area contributed by atoms with Crippen molar-refractivity contribution in [3.8, 4) is 28.1 Å². The lowest BCUT2D eigenvalue weighted by Crippen LogP contribution is -2.05. The van der Waals surface area contributed by atoms with E-state index in [4.69, 9.17) is 4.74 Å². The number of hydrogen-bond donors (Lipinski definition) is 1. The summed E-state index contributed by atoms with van der Waals surface area (Å²) >= 11 is 3.47. The van der Waals surface area contributed by atoms with Gasteiger partial charge in [-0.3, -0.25) is 0 Å². The van der Waals surface area contributed by atoms with E-state index < -0.39 is 17.7 Å². The summed E-state index contributed by atoms with van der Waals surface area (Å²) in [7, 11) is 0. The van der Waals surface area contributed by atoms with Crippen molar-refractivity contribution in [2.24, 2.45) is 0 Å². The lowest BCUT2D eigenvalue weighted by Gasteiger charge is -2.16. The van der Waals surface area contributed by atoms with E-state index >= 15 is 0 Å². The Morgan fingerprint density at radius 1 is 0.882 bits per heavy atom. The second-order valence-electron chi connectivity index (χ2n) is 7.38. The van der Waals surface area contributed by atoms with Crippen molar-refractivity contribution in [3.05, 3.63) is 106 Å². The smallest absolute Gasteiger partial charge is 0.416 e. The number of pyridine rings is 1. The first-order chi connectivity index (χ1) is 16.2. The maximum Gasteiger partial charge on any atom is 0.416 e. The number of halogens is 4. The molecule has 0 fully saturated rings. The number of carboxylic acid groups (broad SMARTS) is 1. The van der Waals surface area contributed by atoms with E-state index in [1.807, 2.05) is 30.3 Å². The third kappa shape index (κ3) is 5.28. The number of ether oxygens (including phenoxy) is 1. The van der Waals surface area contributed by atoms with Crippen LogP contribution < -0.4 is 4.74 Å². The Bertz CT molecular complexity index is 1340. The molecule has 4 rings (SSSR count). The average molecular weight is 528 g/mol. The molecule has 4 aromatic rings. The van der Waals surface area contributed by atoms with Crippen LogP contribution in [0.5, 0.6) is 5.75 Å². The molecule has 3 aromatic carbocycles. The van der Waals surface area contributed by atoms with Gasteiger partial charge in [0.25, 0.3) is 0 Å². The summed E-state index contributed by atoms with van der Waals surface area (Å²) in [5.41, 5.74) is 2.49. The number of aromatic carboxylic acids is 1. The Balaban J connectivity index is 1.69. The molecule has 1 aromatic heterocycles. The fourth-order valence-electron chi connectivity index (χ4n) is 3.43. The van der Waals surface area contributed by atoms with Crippen molar-refractivity contribution in [3.63, 3.8) is 0 Å². The van der Waals surface area contributed by atoms with Crippen LogP contribution in [0.2, 0.25) is 0 Å². The van der Waals surface area contributed by atoms with Gasteiger partial charge in [0.1, 0.15) is 18.1 Å². The predicted octanol–water partition coefficient (Wildman–Crippen LogP) is 7.47. The molecular formula is C26H17BrF3NO3. The van der Waals surface area contributed by atoms with Crippen LogP contribution in [0.25, 0.3) is 22.4 Å². The average Bonchev–Trinajstić information content (AvgIpc) is 2.83. The standard InChI is InChI=1S/C26H17BrF3NO3/c27-18-12-13-24(34-15-16-8-10-17(11-9-16)26(28,29)30)21(14-18)19-4-1-2-5-20(19)22-6-3-7-23(31-22)25(32)33/h1-14H,15H2,(H,32,33). The summed E-state index contributed by atoms with van der Waals surface area (Å²) in [4.78, 5) is 15.6. The van der Waals surface area contributed by atoms with Gasteiger partial charge in [-0.05, 0) is 53.6 Å². The van der Waals surface area contributed by atoms with Gasteiger partial charge in [-0.15, -0.1) is 0 Å². The van der Waals surface area contributed by atoms with E-state index in [-0.39, 0.29) is 12.3 Å². The number of hydrogen-bond acceptors (Lipinski definition) is 3. The molecule has 0 unspecified atom stereocenters. The predicted molar refractivity (Wildman–Crippen MR) is 126 cm³/mol. The summed E-state index contributed by atoms with van der Waals surface area (Å²) in [6, 6.07) is 22.4. The van der Waals surface area contributed by atoms with Crippen LogP contribution in [0.1, 0.15) is 21.6 Å². The zero-order chi connectivity index (χ0) is 24.3. The molecule has 0 radical (unpaired) electrons. The normalized spacial score (nSPS) is 11.3. The molecule has 1 N–H and O–H groups in total. The van der Waals surface area contributed by atoms with E-state index in [0.29, 0.717) is 22.6 Å². The van der Waals surface area contributed by atoms with Gasteiger partial charge in [0.15, 0.2) is 0 Å². The summed E-state index contributed by atoms with van der Waals surface area (Å²) in [6.07, 6.45) is -4.39. The van der Waals surface area contributed by atoms with Crippen LogP contribution in [0, 0.1) is 0 Å². The minimum atomic E-state index is -4.39. The minimum Gasteiger partial charge on any atom is -0.488 e. The third-order valence-electron chi connectivity index (χ3n) is 5.08. The minimum absolute atomic E-state index is 0.0691. The summed E-state index contributed by atoms with van der Waals surface area (Å²) < 4.78 is 45.3. The molecule has 172 valence electrons. The van der Waals surface area contributed by atoms with Crippen molar-refractivity contribution in [1.29, 1.82) is 0 Å². The van der Waals surface area contributed by atoms with E-state index in [1.54, 1.807) is 24.3 Å². The van der Waals surface area contributed by atoms with Crippen LogP contribution in [0.15, 0.2) is 89.4 Å². The Morgan fingerprint density at radius 3 is 2.26 bits per heavy atom. The van der Waals surface area contributed by atoms with Gasteiger partial charge in [0, 0.05) is 15.6 Å². The van der Waals surface area contributed by atoms with Crippen molar-refractivity contribution < 1.29 is 27.8 Å². The quantitative estimate of drug-likeness (QED) is 0.282. The van der Waals surface area contributed by atoms with Gasteiger partial charge in [-0.1, -0.05) is 58.4 Å². The number of aromatic nitrogens is 1. The number of alkyl halides is 3. The first kappa shape index (κ1) is 23.5. The Labute approximate surface area is 201 Å². The lowest BCUT2D eigenvalue weighted by molar-refractivity contribution is -0.137. The highest BCUT2D eigenvalue weighted by Gasteiger charge is 2.29. The van der Waals surface area contributed by atoms with Crippen LogP contribution in [-0.4, -0.2) is 16.1 Å². The molecule has 0 spiro atoms.